The molecule has 14 nitrogen and oxygen atoms in total. The number of aliphatic carboxylic acids is 1. The van der Waals surface area contributed by atoms with Crippen LogP contribution in [-0.2, 0) is 18.6 Å². The summed E-state index contributed by atoms with van der Waals surface area (Å²) in [5.41, 5.74) is -0.944. The van der Waals surface area contributed by atoms with Gasteiger partial charge in [0.2, 0.25) is 0 Å². The Kier molecular flexibility index (Phi) is 7.73. The monoisotopic (exact) mass is 500 g/mol. The van der Waals surface area contributed by atoms with Crippen LogP contribution in [0.1, 0.15) is 25.5 Å². The number of H-pyrrole nitrogens is 1. The van der Waals surface area contributed by atoms with E-state index in [-0.39, 0.29) is 17.1 Å². The molecule has 0 saturated carbocycles. The van der Waals surface area contributed by atoms with E-state index < -0.39 is 56.0 Å². The first kappa shape index (κ1) is 25.8. The van der Waals surface area contributed by atoms with E-state index in [1.54, 1.807) is 23.7 Å². The minimum Gasteiger partial charge on any atom is -0.480 e. The molecule has 1 aromatic carbocycles. The molecule has 0 radical (unpaired) electrons. The Hall–Kier alpha value is -2.84. The molecule has 0 bridgehead atoms. The number of aliphatic hydroxyl groups is 2. The van der Waals surface area contributed by atoms with Gasteiger partial charge in [-0.05, 0) is 26.0 Å². The van der Waals surface area contributed by atoms with Crippen molar-refractivity contribution in [1.82, 2.24) is 15.1 Å². The summed E-state index contributed by atoms with van der Waals surface area (Å²) in [4.78, 5) is 28.4. The molecule has 0 amide bonds. The van der Waals surface area contributed by atoms with Crippen LogP contribution < -0.4 is 20.8 Å². The van der Waals surface area contributed by atoms with Crippen LogP contribution in [0.2, 0.25) is 0 Å². The smallest absolute Gasteiger partial charge is 0.459 e. The van der Waals surface area contributed by atoms with Crippen molar-refractivity contribution >= 4 is 19.5 Å². The third kappa shape index (κ3) is 5.62. The minimum absolute atomic E-state index is 0.0231. The lowest BCUT2D eigenvalue weighted by molar-refractivity contribution is -0.138. The van der Waals surface area contributed by atoms with Gasteiger partial charge in [-0.3, -0.25) is 25.0 Å². The van der Waals surface area contributed by atoms with Gasteiger partial charge in [0.25, 0.3) is 0 Å². The topological polar surface area (TPSA) is 213 Å². The molecule has 1 aliphatic heterocycles. The Morgan fingerprint density at radius 2 is 2.06 bits per heavy atom. The summed E-state index contributed by atoms with van der Waals surface area (Å²) in [6, 6.07) is 6.56. The maximum Gasteiger partial charge on any atom is 0.459 e. The maximum atomic E-state index is 13.3. The predicted molar refractivity (Wildman–Crippen MR) is 115 cm³/mol. The van der Waals surface area contributed by atoms with E-state index in [1.165, 1.54) is 26.0 Å². The van der Waals surface area contributed by atoms with E-state index >= 15 is 0 Å². The van der Waals surface area contributed by atoms with Crippen molar-refractivity contribution in [2.75, 3.05) is 12.1 Å². The fraction of sp³-hybridized carbons (Fsp3) is 0.421. The molecule has 2 heterocycles. The lowest BCUT2D eigenvalue weighted by atomic mass is 9.89. The number of para-hydroxylation sites is 1. The summed E-state index contributed by atoms with van der Waals surface area (Å²) < 4.78 is 29.8. The van der Waals surface area contributed by atoms with E-state index in [9.17, 15) is 34.7 Å². The highest BCUT2D eigenvalue weighted by Crippen LogP contribution is 2.48. The van der Waals surface area contributed by atoms with Crippen LogP contribution >= 0.6 is 7.75 Å². The first-order chi connectivity index (χ1) is 16.0. The number of nitrogens with zero attached hydrogens (tertiary/aromatic N) is 1. The third-order valence-electron chi connectivity index (χ3n) is 5.13. The predicted octanol–water partition coefficient (Wildman–Crippen LogP) is 0.389. The van der Waals surface area contributed by atoms with Gasteiger partial charge in [-0.1, -0.05) is 18.2 Å². The fourth-order valence-corrected chi connectivity index (χ4v) is 4.81. The Balaban J connectivity index is 1.81. The average molecular weight is 500 g/mol. The molecule has 1 aromatic heterocycles. The van der Waals surface area contributed by atoms with Crippen LogP contribution in [-0.4, -0.2) is 66.9 Å². The summed E-state index contributed by atoms with van der Waals surface area (Å²) in [6.45, 7) is 1.90. The van der Waals surface area contributed by atoms with Crippen LogP contribution in [0.25, 0.3) is 0 Å². The second-order valence-corrected chi connectivity index (χ2v) is 9.44. The number of rotatable bonds is 10. The number of ether oxygens (including phenoxy) is 1. The van der Waals surface area contributed by atoms with Gasteiger partial charge in [-0.2, -0.15) is 5.09 Å². The number of anilines is 1. The van der Waals surface area contributed by atoms with Crippen molar-refractivity contribution in [3.8, 4) is 5.75 Å². The van der Waals surface area contributed by atoms with Crippen LogP contribution in [0, 0.1) is 0 Å². The summed E-state index contributed by atoms with van der Waals surface area (Å²) in [5, 5.41) is 42.3. The second-order valence-electron chi connectivity index (χ2n) is 7.74. The number of aliphatic hydroxyl groups excluding tert-OH is 1. The van der Waals surface area contributed by atoms with Gasteiger partial charge in [0.1, 0.15) is 41.5 Å². The molecule has 6 atom stereocenters. The fourth-order valence-electron chi connectivity index (χ4n) is 3.31. The summed E-state index contributed by atoms with van der Waals surface area (Å²) in [5.74, 6) is -1.39. The van der Waals surface area contributed by atoms with Crippen molar-refractivity contribution in [3.05, 3.63) is 52.6 Å². The standard InChI is InChI=1S/C19H25N4O10P/c1-10(17(25)26)23-34(30,33-11-6-4-3-5-7-11)31-9-13-14(24)19(2,28)15(32-13)12-8-20-18(27)21-16(12)22-29/h3-8,10,13-15,24,28-29H,9H2,1-2H3,(H,23,30)(H,25,26)(H2,20,21,22,27)/t10?,13-,14-,15-,19-,34?/m1/s1. The molecule has 34 heavy (non-hydrogen) atoms. The van der Waals surface area contributed by atoms with Crippen molar-refractivity contribution < 1.29 is 43.7 Å². The Bertz CT molecular complexity index is 1110. The quantitative estimate of drug-likeness (QED) is 0.174. The Labute approximate surface area is 193 Å². The number of hydrogen-bond acceptors (Lipinski definition) is 11. The first-order valence-electron chi connectivity index (χ1n) is 10.0. The van der Waals surface area contributed by atoms with E-state index in [0.29, 0.717) is 0 Å². The number of carboxylic acid groups (broad SMARTS) is 1. The lowest BCUT2D eigenvalue weighted by Crippen LogP contribution is -2.43. The summed E-state index contributed by atoms with van der Waals surface area (Å²) in [6.07, 6.45) is -3.10. The van der Waals surface area contributed by atoms with Crippen LogP contribution in [0.4, 0.5) is 5.82 Å². The number of benzene rings is 1. The molecule has 7 N–H and O–H groups in total. The first-order valence-corrected chi connectivity index (χ1v) is 11.6. The zero-order valence-corrected chi connectivity index (χ0v) is 19.0. The van der Waals surface area contributed by atoms with Crippen LogP contribution in [0.15, 0.2) is 41.3 Å². The molecular weight excluding hydrogens is 475 g/mol. The van der Waals surface area contributed by atoms with Crippen LogP contribution in [0.5, 0.6) is 5.75 Å². The van der Waals surface area contributed by atoms with E-state index in [1.807, 2.05) is 0 Å². The third-order valence-corrected chi connectivity index (χ3v) is 6.77. The second kappa shape index (κ2) is 10.2. The zero-order valence-electron chi connectivity index (χ0n) is 18.1. The minimum atomic E-state index is -4.30. The van der Waals surface area contributed by atoms with E-state index in [2.05, 4.69) is 15.1 Å². The highest BCUT2D eigenvalue weighted by molar-refractivity contribution is 7.52. The van der Waals surface area contributed by atoms with Crippen molar-refractivity contribution in [1.29, 1.82) is 0 Å². The molecule has 0 spiro atoms. The average Bonchev–Trinajstić information content (AvgIpc) is 3.01. The molecular formula is C19H25N4O10P. The molecule has 1 saturated heterocycles. The number of carbonyl (C=O) groups is 1. The van der Waals surface area contributed by atoms with Crippen LogP contribution in [0.3, 0.4) is 0 Å². The maximum absolute atomic E-state index is 13.3. The largest absolute Gasteiger partial charge is 0.480 e. The Morgan fingerprint density at radius 3 is 2.68 bits per heavy atom. The van der Waals surface area contributed by atoms with Gasteiger partial charge < -0.3 is 24.6 Å². The number of hydrogen-bond donors (Lipinski definition) is 7. The van der Waals surface area contributed by atoms with Gasteiger partial charge in [-0.25, -0.2) is 14.3 Å². The molecule has 3 rings (SSSR count). The SMILES string of the molecule is CC(NP(=O)(OC[C@H]1O[C@H](c2cnc(=O)[nH]c2NO)[C@](C)(O)[C@@H]1O)Oc1ccccc1)C(=O)O. The van der Waals surface area contributed by atoms with Crippen molar-refractivity contribution in [2.24, 2.45) is 0 Å². The van der Waals surface area contributed by atoms with Gasteiger partial charge in [0.15, 0.2) is 0 Å². The molecule has 15 heteroatoms. The van der Waals surface area contributed by atoms with Gasteiger partial charge in [0.05, 0.1) is 6.61 Å². The van der Waals surface area contributed by atoms with E-state index in [0.717, 1.165) is 6.20 Å². The molecule has 2 unspecified atom stereocenters. The molecule has 2 aromatic rings. The highest BCUT2D eigenvalue weighted by Gasteiger charge is 2.54. The zero-order chi connectivity index (χ0) is 25.1. The van der Waals surface area contributed by atoms with Gasteiger partial charge in [-0.15, -0.1) is 0 Å². The molecule has 1 aliphatic rings. The van der Waals surface area contributed by atoms with E-state index in [4.69, 9.17) is 13.8 Å². The molecule has 186 valence electrons. The summed E-state index contributed by atoms with van der Waals surface area (Å²) >= 11 is 0. The lowest BCUT2D eigenvalue weighted by Gasteiger charge is -2.27. The molecule has 1 fully saturated rings. The Morgan fingerprint density at radius 1 is 1.38 bits per heavy atom. The van der Waals surface area contributed by atoms with Gasteiger partial charge in [0, 0.05) is 11.8 Å². The number of carboxylic acids is 1. The summed E-state index contributed by atoms with van der Waals surface area (Å²) in [7, 11) is -4.30. The number of aromatic nitrogens is 2. The highest BCUT2D eigenvalue weighted by atomic mass is 31.2. The normalized spacial score (nSPS) is 27.0. The number of nitrogens with one attached hydrogen (secondary N) is 3. The van der Waals surface area contributed by atoms with Gasteiger partial charge >= 0.3 is 19.4 Å². The number of aromatic amines is 1. The van der Waals surface area contributed by atoms with Crippen molar-refractivity contribution in [2.45, 2.75) is 43.8 Å². The van der Waals surface area contributed by atoms with Crippen molar-refractivity contribution in [3.63, 3.8) is 0 Å². The molecule has 0 aliphatic carbocycles.